The lowest BCUT2D eigenvalue weighted by atomic mass is 9.94. The van der Waals surface area contributed by atoms with Crippen LogP contribution in [0.3, 0.4) is 0 Å². The van der Waals surface area contributed by atoms with Crippen LogP contribution in [0.1, 0.15) is 29.3 Å². The van der Waals surface area contributed by atoms with Gasteiger partial charge in [0.1, 0.15) is 0 Å². The fourth-order valence-corrected chi connectivity index (χ4v) is 3.61. The van der Waals surface area contributed by atoms with Crippen LogP contribution in [-0.2, 0) is 6.42 Å². The number of thiophene rings is 1. The maximum atomic E-state index is 10.7. The number of nitrogen functional groups attached to an aromatic ring is 1. The average molecular weight is 289 g/mol. The molecular weight excluding hydrogens is 274 g/mol. The number of anilines is 2. The molecule has 1 aromatic heterocycles. The van der Waals surface area contributed by atoms with Crippen molar-refractivity contribution in [3.63, 3.8) is 0 Å². The number of aryl methyl sites for hydroxylation is 1. The second kappa shape index (κ2) is 5.13. The van der Waals surface area contributed by atoms with Crippen LogP contribution in [-0.4, -0.2) is 4.92 Å². The average Bonchev–Trinajstić information content (AvgIpc) is 2.90. The molecule has 3 rings (SSSR count). The Morgan fingerprint density at radius 1 is 1.40 bits per heavy atom. The Kier molecular flexibility index (Phi) is 3.31. The summed E-state index contributed by atoms with van der Waals surface area (Å²) in [5.41, 5.74) is 8.44. The molecule has 5 nitrogen and oxygen atoms in total. The summed E-state index contributed by atoms with van der Waals surface area (Å²) in [6, 6.07) is 6.97. The smallest absolute Gasteiger partial charge is 0.271 e. The van der Waals surface area contributed by atoms with Crippen LogP contribution in [0.4, 0.5) is 17.1 Å². The second-order valence-electron chi connectivity index (χ2n) is 4.92. The summed E-state index contributed by atoms with van der Waals surface area (Å²) < 4.78 is 0. The lowest BCUT2D eigenvalue weighted by molar-refractivity contribution is -0.384. The number of nitro benzene ring substituents is 1. The van der Waals surface area contributed by atoms with Crippen LogP contribution >= 0.6 is 11.3 Å². The van der Waals surface area contributed by atoms with E-state index in [4.69, 9.17) is 5.73 Å². The zero-order valence-corrected chi connectivity index (χ0v) is 11.7. The van der Waals surface area contributed by atoms with Gasteiger partial charge < -0.3 is 11.1 Å². The van der Waals surface area contributed by atoms with Gasteiger partial charge in [-0.3, -0.25) is 10.1 Å². The molecule has 0 fully saturated rings. The predicted octanol–water partition coefficient (Wildman–Crippen LogP) is 3.73. The van der Waals surface area contributed by atoms with E-state index >= 15 is 0 Å². The van der Waals surface area contributed by atoms with E-state index in [0.29, 0.717) is 5.69 Å². The molecule has 0 aliphatic heterocycles. The third kappa shape index (κ3) is 2.34. The summed E-state index contributed by atoms with van der Waals surface area (Å²) in [6.07, 6.45) is 3.35. The van der Waals surface area contributed by atoms with Gasteiger partial charge in [0.15, 0.2) is 0 Å². The highest BCUT2D eigenvalue weighted by Gasteiger charge is 2.21. The number of benzene rings is 1. The Labute approximate surface area is 120 Å². The van der Waals surface area contributed by atoms with Gasteiger partial charge in [0.2, 0.25) is 0 Å². The first kappa shape index (κ1) is 12.9. The molecule has 1 aromatic carbocycles. The molecule has 1 atom stereocenters. The number of rotatable bonds is 3. The highest BCUT2D eigenvalue weighted by Crippen LogP contribution is 2.37. The number of nitro groups is 1. The van der Waals surface area contributed by atoms with Crippen molar-refractivity contribution in [1.82, 2.24) is 0 Å². The Bertz CT molecular complexity index is 654. The van der Waals surface area contributed by atoms with Gasteiger partial charge in [-0.15, -0.1) is 11.3 Å². The molecule has 0 saturated carbocycles. The fourth-order valence-electron chi connectivity index (χ4n) is 2.62. The Hall–Kier alpha value is -2.08. The molecule has 1 aliphatic carbocycles. The highest BCUT2D eigenvalue weighted by molar-refractivity contribution is 7.10. The molecule has 0 radical (unpaired) electrons. The molecule has 0 spiro atoms. The van der Waals surface area contributed by atoms with Crippen LogP contribution in [0.15, 0.2) is 29.6 Å². The minimum absolute atomic E-state index is 0.0212. The van der Waals surface area contributed by atoms with Gasteiger partial charge in [0, 0.05) is 17.0 Å². The largest absolute Gasteiger partial charge is 0.397 e. The number of hydrogen-bond donors (Lipinski definition) is 2. The first-order valence-corrected chi connectivity index (χ1v) is 7.40. The second-order valence-corrected chi connectivity index (χ2v) is 5.92. The molecule has 1 heterocycles. The molecular formula is C14H15N3O2S. The third-order valence-electron chi connectivity index (χ3n) is 3.63. The van der Waals surface area contributed by atoms with Crippen molar-refractivity contribution < 1.29 is 4.92 Å². The minimum atomic E-state index is -0.433. The molecule has 0 amide bonds. The van der Waals surface area contributed by atoms with E-state index in [2.05, 4.69) is 16.8 Å². The molecule has 3 N–H and O–H groups in total. The maximum Gasteiger partial charge on any atom is 0.271 e. The quantitative estimate of drug-likeness (QED) is 0.512. The summed E-state index contributed by atoms with van der Waals surface area (Å²) >= 11 is 1.79. The molecule has 6 heteroatoms. The summed E-state index contributed by atoms with van der Waals surface area (Å²) in [5, 5.41) is 16.2. The van der Waals surface area contributed by atoms with Crippen molar-refractivity contribution in [3.8, 4) is 0 Å². The number of nitrogens with one attached hydrogen (secondary N) is 1. The number of hydrogen-bond acceptors (Lipinski definition) is 5. The number of nitrogens with two attached hydrogens (primary N) is 1. The van der Waals surface area contributed by atoms with Gasteiger partial charge in [0.25, 0.3) is 5.69 Å². The Morgan fingerprint density at radius 2 is 2.25 bits per heavy atom. The van der Waals surface area contributed by atoms with Gasteiger partial charge in [0.05, 0.1) is 22.3 Å². The first-order valence-electron chi connectivity index (χ1n) is 6.52. The monoisotopic (exact) mass is 289 g/mol. The molecule has 0 bridgehead atoms. The van der Waals surface area contributed by atoms with Crippen LogP contribution in [0.25, 0.3) is 0 Å². The standard InChI is InChI=1S/C14H15N3O2S/c15-11-8-9(17(18)19)4-5-13(11)16-12-2-1-3-14-10(12)6-7-20-14/h4-8,12,16H,1-3,15H2. The van der Waals surface area contributed by atoms with Gasteiger partial charge in [-0.2, -0.15) is 0 Å². The van der Waals surface area contributed by atoms with Crippen molar-refractivity contribution in [1.29, 1.82) is 0 Å². The Morgan fingerprint density at radius 3 is 3.00 bits per heavy atom. The molecule has 1 aliphatic rings. The summed E-state index contributed by atoms with van der Waals surface area (Å²) in [4.78, 5) is 11.7. The minimum Gasteiger partial charge on any atom is -0.397 e. The van der Waals surface area contributed by atoms with Crippen LogP contribution in [0, 0.1) is 10.1 Å². The van der Waals surface area contributed by atoms with E-state index in [1.807, 2.05) is 0 Å². The highest BCUT2D eigenvalue weighted by atomic mass is 32.1. The van der Waals surface area contributed by atoms with E-state index in [1.54, 1.807) is 17.4 Å². The zero-order chi connectivity index (χ0) is 14.1. The number of nitrogens with zero attached hydrogens (tertiary/aromatic N) is 1. The first-order chi connectivity index (χ1) is 9.65. The van der Waals surface area contributed by atoms with Crippen LogP contribution < -0.4 is 11.1 Å². The van der Waals surface area contributed by atoms with Crippen LogP contribution in [0.5, 0.6) is 0 Å². The van der Waals surface area contributed by atoms with Crippen molar-refractivity contribution in [3.05, 3.63) is 50.2 Å². The van der Waals surface area contributed by atoms with Gasteiger partial charge in [-0.25, -0.2) is 0 Å². The van der Waals surface area contributed by atoms with Gasteiger partial charge in [-0.1, -0.05) is 0 Å². The SMILES string of the molecule is Nc1cc([N+](=O)[O-])ccc1NC1CCCc2sccc21. The third-order valence-corrected chi connectivity index (χ3v) is 4.62. The Balaban J connectivity index is 1.84. The molecule has 1 unspecified atom stereocenters. The van der Waals surface area contributed by atoms with Gasteiger partial charge >= 0.3 is 0 Å². The normalized spacial score (nSPS) is 17.5. The van der Waals surface area contributed by atoms with E-state index < -0.39 is 4.92 Å². The van der Waals surface area contributed by atoms with E-state index in [1.165, 1.54) is 22.6 Å². The predicted molar refractivity (Wildman–Crippen MR) is 81.1 cm³/mol. The van der Waals surface area contributed by atoms with Crippen molar-refractivity contribution >= 4 is 28.4 Å². The van der Waals surface area contributed by atoms with Crippen molar-refractivity contribution in [2.45, 2.75) is 25.3 Å². The molecule has 20 heavy (non-hydrogen) atoms. The van der Waals surface area contributed by atoms with E-state index in [-0.39, 0.29) is 11.7 Å². The van der Waals surface area contributed by atoms with Crippen molar-refractivity contribution in [2.24, 2.45) is 0 Å². The van der Waals surface area contributed by atoms with Gasteiger partial charge in [-0.05, 0) is 42.3 Å². The lowest BCUT2D eigenvalue weighted by Gasteiger charge is -2.25. The molecule has 2 aromatic rings. The molecule has 104 valence electrons. The fraction of sp³-hybridized carbons (Fsp3) is 0.286. The van der Waals surface area contributed by atoms with Crippen molar-refractivity contribution in [2.75, 3.05) is 11.1 Å². The van der Waals surface area contributed by atoms with E-state index in [0.717, 1.165) is 24.9 Å². The topological polar surface area (TPSA) is 81.2 Å². The summed E-state index contributed by atoms with van der Waals surface area (Å²) in [5.74, 6) is 0. The number of non-ortho nitro benzene ring substituents is 1. The maximum absolute atomic E-state index is 10.7. The van der Waals surface area contributed by atoms with E-state index in [9.17, 15) is 10.1 Å². The summed E-state index contributed by atoms with van der Waals surface area (Å²) in [6.45, 7) is 0. The zero-order valence-electron chi connectivity index (χ0n) is 10.8. The lowest BCUT2D eigenvalue weighted by Crippen LogP contribution is -2.16. The summed E-state index contributed by atoms with van der Waals surface area (Å²) in [7, 11) is 0. The molecule has 0 saturated heterocycles. The number of fused-ring (bicyclic) bond motifs is 1. The van der Waals surface area contributed by atoms with Crippen LogP contribution in [0.2, 0.25) is 0 Å².